The van der Waals surface area contributed by atoms with Gasteiger partial charge in [0.15, 0.2) is 9.84 Å². The number of hydrogen-bond donors (Lipinski definition) is 2. The topological polar surface area (TPSA) is 91.9 Å². The number of aryl methyl sites for hydroxylation is 1. The van der Waals surface area contributed by atoms with Crippen LogP contribution in [-0.2, 0) is 9.84 Å². The highest BCUT2D eigenvalue weighted by Crippen LogP contribution is 2.21. The van der Waals surface area contributed by atoms with Gasteiger partial charge < -0.3 is 5.32 Å². The van der Waals surface area contributed by atoms with Crippen LogP contribution in [0.15, 0.2) is 35.4 Å². The minimum absolute atomic E-state index is 0.0875. The summed E-state index contributed by atoms with van der Waals surface area (Å²) in [7, 11) is -3.40. The van der Waals surface area contributed by atoms with Gasteiger partial charge in [0.2, 0.25) is 0 Å². The highest BCUT2D eigenvalue weighted by molar-refractivity contribution is 7.90. The average Bonchev–Trinajstić information content (AvgIpc) is 2.75. The van der Waals surface area contributed by atoms with Gasteiger partial charge in [-0.15, -0.1) is 0 Å². The zero-order valence-corrected chi connectivity index (χ0v) is 11.3. The van der Waals surface area contributed by atoms with Crippen LogP contribution in [0.3, 0.4) is 0 Å². The maximum absolute atomic E-state index is 12.0. The summed E-state index contributed by atoms with van der Waals surface area (Å²) in [5, 5.41) is 8.98. The van der Waals surface area contributed by atoms with Gasteiger partial charge in [-0.05, 0) is 19.1 Å². The number of aromatic nitrogens is 2. The van der Waals surface area contributed by atoms with Gasteiger partial charge >= 0.3 is 0 Å². The van der Waals surface area contributed by atoms with Gasteiger partial charge in [0.25, 0.3) is 5.91 Å². The van der Waals surface area contributed by atoms with Crippen molar-refractivity contribution in [2.45, 2.75) is 11.8 Å². The Balaban J connectivity index is 2.35. The number of anilines is 1. The van der Waals surface area contributed by atoms with E-state index >= 15 is 0 Å². The van der Waals surface area contributed by atoms with Crippen molar-refractivity contribution in [1.82, 2.24) is 10.2 Å². The lowest BCUT2D eigenvalue weighted by atomic mass is 10.2. The molecule has 0 bridgehead atoms. The summed E-state index contributed by atoms with van der Waals surface area (Å²) in [5.74, 6) is -0.401. The van der Waals surface area contributed by atoms with Crippen LogP contribution in [0.1, 0.15) is 16.1 Å². The fourth-order valence-electron chi connectivity index (χ4n) is 1.66. The third kappa shape index (κ3) is 2.82. The van der Waals surface area contributed by atoms with E-state index in [1.807, 2.05) is 0 Å². The lowest BCUT2D eigenvalue weighted by Crippen LogP contribution is -2.14. The number of amides is 1. The molecule has 2 aromatic rings. The van der Waals surface area contributed by atoms with E-state index < -0.39 is 15.7 Å². The maximum atomic E-state index is 12.0. The normalized spacial score (nSPS) is 11.3. The number of nitrogens with zero attached hydrogens (tertiary/aromatic N) is 1. The second-order valence-electron chi connectivity index (χ2n) is 4.13. The molecule has 0 aliphatic rings. The predicted molar refractivity (Wildman–Crippen MR) is 70.8 cm³/mol. The molecule has 2 rings (SSSR count). The van der Waals surface area contributed by atoms with Crippen LogP contribution in [0.25, 0.3) is 0 Å². The molecule has 0 atom stereocenters. The monoisotopic (exact) mass is 279 g/mol. The van der Waals surface area contributed by atoms with Gasteiger partial charge in [-0.1, -0.05) is 12.1 Å². The number of rotatable bonds is 3. The molecule has 1 aromatic carbocycles. The molecule has 100 valence electrons. The Bertz CT molecular complexity index is 719. The lowest BCUT2D eigenvalue weighted by molar-refractivity contribution is 0.102. The van der Waals surface area contributed by atoms with Crippen molar-refractivity contribution in [3.63, 3.8) is 0 Å². The van der Waals surface area contributed by atoms with Crippen LogP contribution in [-0.4, -0.2) is 30.8 Å². The second-order valence-corrected chi connectivity index (χ2v) is 6.12. The van der Waals surface area contributed by atoms with Crippen molar-refractivity contribution in [1.29, 1.82) is 0 Å². The van der Waals surface area contributed by atoms with E-state index in [4.69, 9.17) is 0 Å². The molecular formula is C12H13N3O3S. The van der Waals surface area contributed by atoms with Gasteiger partial charge in [-0.25, -0.2) is 8.42 Å². The summed E-state index contributed by atoms with van der Waals surface area (Å²) in [6.07, 6.45) is 2.49. The van der Waals surface area contributed by atoms with E-state index in [9.17, 15) is 13.2 Å². The summed E-state index contributed by atoms with van der Waals surface area (Å²) in [6.45, 7) is 1.71. The fraction of sp³-hybridized carbons (Fsp3) is 0.167. The summed E-state index contributed by atoms with van der Waals surface area (Å²) in [4.78, 5) is 12.1. The van der Waals surface area contributed by atoms with Gasteiger partial charge in [0.1, 0.15) is 0 Å². The van der Waals surface area contributed by atoms with Crippen molar-refractivity contribution < 1.29 is 13.2 Å². The Kier molecular flexibility index (Phi) is 3.39. The minimum Gasteiger partial charge on any atom is -0.321 e. The molecule has 19 heavy (non-hydrogen) atoms. The molecule has 6 nitrogen and oxygen atoms in total. The predicted octanol–water partition coefficient (Wildman–Crippen LogP) is 1.37. The highest BCUT2D eigenvalue weighted by atomic mass is 32.2. The van der Waals surface area contributed by atoms with E-state index in [-0.39, 0.29) is 10.6 Å². The van der Waals surface area contributed by atoms with Gasteiger partial charge in [-0.3, -0.25) is 9.89 Å². The van der Waals surface area contributed by atoms with Crippen LogP contribution in [0.2, 0.25) is 0 Å². The Morgan fingerprint density at radius 1 is 1.32 bits per heavy atom. The van der Waals surface area contributed by atoms with Crippen molar-refractivity contribution in [2.75, 3.05) is 11.6 Å². The first-order valence-electron chi connectivity index (χ1n) is 5.50. The van der Waals surface area contributed by atoms with Crippen LogP contribution in [0.4, 0.5) is 5.69 Å². The Labute approximate surface area is 110 Å². The van der Waals surface area contributed by atoms with E-state index in [0.29, 0.717) is 11.3 Å². The average molecular weight is 279 g/mol. The summed E-state index contributed by atoms with van der Waals surface area (Å²) < 4.78 is 23.2. The number of carbonyl (C=O) groups excluding carboxylic acids is 1. The number of aromatic amines is 1. The van der Waals surface area contributed by atoms with Crippen molar-refractivity contribution in [3.8, 4) is 0 Å². The first-order valence-corrected chi connectivity index (χ1v) is 7.39. The van der Waals surface area contributed by atoms with E-state index in [2.05, 4.69) is 15.5 Å². The van der Waals surface area contributed by atoms with Crippen LogP contribution in [0.5, 0.6) is 0 Å². The molecule has 0 saturated carbocycles. The van der Waals surface area contributed by atoms with E-state index in [1.54, 1.807) is 25.1 Å². The molecule has 1 amide bonds. The van der Waals surface area contributed by atoms with Crippen molar-refractivity contribution in [3.05, 3.63) is 41.7 Å². The summed E-state index contributed by atoms with van der Waals surface area (Å²) >= 11 is 0. The Morgan fingerprint density at radius 3 is 2.58 bits per heavy atom. The van der Waals surface area contributed by atoms with Crippen LogP contribution < -0.4 is 5.32 Å². The molecule has 7 heteroatoms. The zero-order chi connectivity index (χ0) is 14.0. The first-order chi connectivity index (χ1) is 8.89. The van der Waals surface area contributed by atoms with E-state index in [1.165, 1.54) is 12.3 Å². The first kappa shape index (κ1) is 13.3. The quantitative estimate of drug-likeness (QED) is 0.887. The summed E-state index contributed by atoms with van der Waals surface area (Å²) in [6, 6.07) is 6.26. The zero-order valence-electron chi connectivity index (χ0n) is 10.5. The molecule has 0 saturated heterocycles. The van der Waals surface area contributed by atoms with Crippen LogP contribution in [0, 0.1) is 6.92 Å². The number of nitrogens with one attached hydrogen (secondary N) is 2. The third-order valence-electron chi connectivity index (χ3n) is 2.61. The van der Waals surface area contributed by atoms with Gasteiger partial charge in [0.05, 0.1) is 22.3 Å². The molecule has 0 aliphatic heterocycles. The third-order valence-corrected chi connectivity index (χ3v) is 3.76. The van der Waals surface area contributed by atoms with Gasteiger partial charge in [-0.2, -0.15) is 5.10 Å². The maximum Gasteiger partial charge on any atom is 0.259 e. The molecule has 2 N–H and O–H groups in total. The molecule has 1 heterocycles. The number of hydrogen-bond acceptors (Lipinski definition) is 4. The van der Waals surface area contributed by atoms with E-state index in [0.717, 1.165) is 6.26 Å². The number of benzene rings is 1. The smallest absolute Gasteiger partial charge is 0.259 e. The van der Waals surface area contributed by atoms with Crippen molar-refractivity contribution in [2.24, 2.45) is 0 Å². The number of H-pyrrole nitrogens is 1. The standard InChI is InChI=1S/C12H13N3O3S/c1-8-9(7-13-15-8)12(16)14-10-5-3-4-6-11(10)19(2,17)18/h3-7H,1-2H3,(H,13,15)(H,14,16). The molecule has 0 spiro atoms. The summed E-state index contributed by atoms with van der Waals surface area (Å²) in [5.41, 5.74) is 1.26. The highest BCUT2D eigenvalue weighted by Gasteiger charge is 2.16. The van der Waals surface area contributed by atoms with Crippen molar-refractivity contribution >= 4 is 21.4 Å². The number of sulfone groups is 1. The Morgan fingerprint density at radius 2 is 2.00 bits per heavy atom. The van der Waals surface area contributed by atoms with Crippen LogP contribution >= 0.6 is 0 Å². The number of para-hydroxylation sites is 1. The molecule has 0 fully saturated rings. The minimum atomic E-state index is -3.40. The molecule has 0 unspecified atom stereocenters. The molecular weight excluding hydrogens is 266 g/mol. The SMILES string of the molecule is Cc1[nH]ncc1C(=O)Nc1ccccc1S(C)(=O)=O. The Hall–Kier alpha value is -2.15. The number of carbonyl (C=O) groups is 1. The lowest BCUT2D eigenvalue weighted by Gasteiger charge is -2.09. The second kappa shape index (κ2) is 4.85. The molecule has 0 radical (unpaired) electrons. The molecule has 1 aromatic heterocycles. The van der Waals surface area contributed by atoms with Gasteiger partial charge in [0, 0.05) is 11.9 Å². The molecule has 0 aliphatic carbocycles. The largest absolute Gasteiger partial charge is 0.321 e. The fourth-order valence-corrected chi connectivity index (χ4v) is 2.51.